The fourth-order valence-corrected chi connectivity index (χ4v) is 2.92. The molecule has 1 saturated carbocycles. The van der Waals surface area contributed by atoms with Gasteiger partial charge in [-0.1, -0.05) is 24.6 Å². The number of para-hydroxylation sites is 1. The highest BCUT2D eigenvalue weighted by Gasteiger charge is 2.42. The molecule has 1 amide bonds. The van der Waals surface area contributed by atoms with Gasteiger partial charge in [0.1, 0.15) is 0 Å². The number of amides is 1. The molecule has 0 radical (unpaired) electrons. The predicted molar refractivity (Wildman–Crippen MR) is 91.0 cm³/mol. The molecule has 0 atom stereocenters. The minimum absolute atomic E-state index is 0.0906. The van der Waals surface area contributed by atoms with Gasteiger partial charge in [-0.15, -0.1) is 9.78 Å². The summed E-state index contributed by atoms with van der Waals surface area (Å²) in [6, 6.07) is 9.11. The van der Waals surface area contributed by atoms with E-state index in [4.69, 9.17) is 16.2 Å². The zero-order valence-electron chi connectivity index (χ0n) is 13.6. The molecule has 0 saturated heterocycles. The molecular formula is C16H20N6O3. The van der Waals surface area contributed by atoms with E-state index in [0.29, 0.717) is 18.5 Å². The topological polar surface area (TPSA) is 138 Å². The molecule has 9 heteroatoms. The number of hydrogen-bond acceptors (Lipinski definition) is 7. The number of hydrogen-bond donors (Lipinski definition) is 3. The number of aromatic nitrogens is 3. The summed E-state index contributed by atoms with van der Waals surface area (Å²) < 4.78 is 6.37. The van der Waals surface area contributed by atoms with Crippen molar-refractivity contribution in [2.75, 3.05) is 11.1 Å². The van der Waals surface area contributed by atoms with Crippen LogP contribution in [0.3, 0.4) is 0 Å². The Bertz CT molecular complexity index is 767. The van der Waals surface area contributed by atoms with E-state index < -0.39 is 17.6 Å². The van der Waals surface area contributed by atoms with Gasteiger partial charge in [0.15, 0.2) is 5.60 Å². The van der Waals surface area contributed by atoms with Crippen LogP contribution in [-0.4, -0.2) is 32.4 Å². The summed E-state index contributed by atoms with van der Waals surface area (Å²) in [5, 5.41) is 6.80. The van der Waals surface area contributed by atoms with Crippen molar-refractivity contribution in [1.82, 2.24) is 14.8 Å². The van der Waals surface area contributed by atoms with Crippen molar-refractivity contribution >= 4 is 29.6 Å². The molecule has 5 N–H and O–H groups in total. The maximum absolute atomic E-state index is 12.6. The molecule has 3 rings (SSSR count). The van der Waals surface area contributed by atoms with Crippen LogP contribution in [0.5, 0.6) is 0 Å². The molecule has 1 aliphatic carbocycles. The van der Waals surface area contributed by atoms with Crippen LogP contribution < -0.4 is 16.8 Å². The summed E-state index contributed by atoms with van der Waals surface area (Å²) in [6.07, 6.45) is 2.47. The van der Waals surface area contributed by atoms with Gasteiger partial charge in [-0.2, -0.15) is 4.98 Å². The summed E-state index contributed by atoms with van der Waals surface area (Å²) in [4.78, 5) is 28.5. The number of rotatable bonds is 4. The van der Waals surface area contributed by atoms with Crippen molar-refractivity contribution in [3.63, 3.8) is 0 Å². The highest BCUT2D eigenvalue weighted by Crippen LogP contribution is 2.32. The van der Waals surface area contributed by atoms with Crippen molar-refractivity contribution < 1.29 is 14.3 Å². The lowest BCUT2D eigenvalue weighted by Gasteiger charge is -2.33. The Kier molecular flexibility index (Phi) is 4.55. The van der Waals surface area contributed by atoms with Gasteiger partial charge >= 0.3 is 6.09 Å². The molecular weight excluding hydrogens is 324 g/mol. The van der Waals surface area contributed by atoms with E-state index in [9.17, 15) is 9.59 Å². The number of nitrogens with one attached hydrogen (secondary N) is 1. The van der Waals surface area contributed by atoms with Gasteiger partial charge in [0.2, 0.25) is 11.9 Å². The second kappa shape index (κ2) is 6.80. The highest BCUT2D eigenvalue weighted by molar-refractivity contribution is 5.87. The summed E-state index contributed by atoms with van der Waals surface area (Å²) in [5.74, 6) is -0.637. The maximum Gasteiger partial charge on any atom is 0.439 e. The van der Waals surface area contributed by atoms with Gasteiger partial charge in [0, 0.05) is 5.69 Å². The Labute approximate surface area is 144 Å². The minimum Gasteiger partial charge on any atom is -0.431 e. The average molecular weight is 344 g/mol. The lowest BCUT2D eigenvalue weighted by atomic mass is 9.84. The largest absolute Gasteiger partial charge is 0.439 e. The number of anilines is 3. The van der Waals surface area contributed by atoms with Gasteiger partial charge in [-0.05, 0) is 37.8 Å². The SMILES string of the molecule is NC(=O)C1(OC(=O)n2nc(N)nc2Nc2ccccc2)CCCCC1. The first kappa shape index (κ1) is 16.7. The number of carbonyl (C=O) groups is 2. The third kappa shape index (κ3) is 3.54. The minimum atomic E-state index is -1.31. The molecule has 0 spiro atoms. The van der Waals surface area contributed by atoms with Crippen LogP contribution in [0.2, 0.25) is 0 Å². The summed E-state index contributed by atoms with van der Waals surface area (Å²) in [5.41, 5.74) is 10.5. The van der Waals surface area contributed by atoms with Gasteiger partial charge in [-0.25, -0.2) is 4.79 Å². The fourth-order valence-electron chi connectivity index (χ4n) is 2.92. The van der Waals surface area contributed by atoms with Gasteiger partial charge in [0.05, 0.1) is 0 Å². The quantitative estimate of drug-likeness (QED) is 0.768. The second-order valence-corrected chi connectivity index (χ2v) is 5.98. The Morgan fingerprint density at radius 3 is 2.48 bits per heavy atom. The van der Waals surface area contributed by atoms with E-state index >= 15 is 0 Å². The normalized spacial score (nSPS) is 16.2. The molecule has 25 heavy (non-hydrogen) atoms. The number of ether oxygens (including phenoxy) is 1. The predicted octanol–water partition coefficient (Wildman–Crippen LogP) is 1.78. The zero-order valence-corrected chi connectivity index (χ0v) is 13.6. The zero-order chi connectivity index (χ0) is 17.9. The fraction of sp³-hybridized carbons (Fsp3) is 0.375. The van der Waals surface area contributed by atoms with Crippen LogP contribution in [0.4, 0.5) is 22.4 Å². The van der Waals surface area contributed by atoms with Gasteiger partial charge in [-0.3, -0.25) is 4.79 Å². The average Bonchev–Trinajstić information content (AvgIpc) is 2.97. The van der Waals surface area contributed by atoms with Crippen molar-refractivity contribution in [2.45, 2.75) is 37.7 Å². The van der Waals surface area contributed by atoms with Crippen LogP contribution >= 0.6 is 0 Å². The number of nitrogens with two attached hydrogens (primary N) is 2. The molecule has 1 heterocycles. The lowest BCUT2D eigenvalue weighted by molar-refractivity contribution is -0.139. The number of nitrogens with zero attached hydrogens (tertiary/aromatic N) is 3. The Hall–Kier alpha value is -3.10. The van der Waals surface area contributed by atoms with Crippen molar-refractivity contribution in [1.29, 1.82) is 0 Å². The number of nitrogen functional groups attached to an aromatic ring is 1. The monoisotopic (exact) mass is 344 g/mol. The summed E-state index contributed by atoms with van der Waals surface area (Å²) in [7, 11) is 0. The molecule has 1 fully saturated rings. The Morgan fingerprint density at radius 2 is 1.84 bits per heavy atom. The molecule has 0 unspecified atom stereocenters. The van der Waals surface area contributed by atoms with E-state index in [1.807, 2.05) is 18.2 Å². The van der Waals surface area contributed by atoms with Crippen LogP contribution in [0.1, 0.15) is 32.1 Å². The number of primary amides is 1. The van der Waals surface area contributed by atoms with Gasteiger partial charge < -0.3 is 21.5 Å². The molecule has 0 bridgehead atoms. The van der Waals surface area contributed by atoms with E-state index in [1.165, 1.54) is 0 Å². The Balaban J connectivity index is 1.83. The first-order chi connectivity index (χ1) is 12.0. The van der Waals surface area contributed by atoms with E-state index in [2.05, 4.69) is 15.4 Å². The highest BCUT2D eigenvalue weighted by atomic mass is 16.6. The smallest absolute Gasteiger partial charge is 0.431 e. The first-order valence-electron chi connectivity index (χ1n) is 8.08. The van der Waals surface area contributed by atoms with Crippen LogP contribution in [-0.2, 0) is 9.53 Å². The van der Waals surface area contributed by atoms with Crippen molar-refractivity contribution in [3.05, 3.63) is 30.3 Å². The third-order valence-corrected chi connectivity index (χ3v) is 4.22. The standard InChI is InChI=1S/C16H20N6O3/c17-12(23)16(9-5-2-6-10-16)25-15(24)22-14(20-13(18)21-22)19-11-7-3-1-4-8-11/h1,3-4,7-8H,2,5-6,9-10H2,(H2,17,23)(H3,18,19,20,21). The molecule has 0 aliphatic heterocycles. The van der Waals surface area contributed by atoms with Crippen molar-refractivity contribution in [2.24, 2.45) is 5.73 Å². The molecule has 1 aliphatic rings. The van der Waals surface area contributed by atoms with Crippen LogP contribution in [0.15, 0.2) is 30.3 Å². The molecule has 1 aromatic carbocycles. The summed E-state index contributed by atoms with van der Waals surface area (Å²) >= 11 is 0. The van der Waals surface area contributed by atoms with E-state index in [0.717, 1.165) is 23.9 Å². The number of benzene rings is 1. The van der Waals surface area contributed by atoms with Crippen LogP contribution in [0.25, 0.3) is 0 Å². The number of carbonyl (C=O) groups excluding carboxylic acids is 2. The molecule has 2 aromatic rings. The second-order valence-electron chi connectivity index (χ2n) is 5.98. The van der Waals surface area contributed by atoms with Crippen molar-refractivity contribution in [3.8, 4) is 0 Å². The Morgan fingerprint density at radius 1 is 1.16 bits per heavy atom. The molecule has 1 aromatic heterocycles. The molecule has 132 valence electrons. The molecule has 9 nitrogen and oxygen atoms in total. The van der Waals surface area contributed by atoms with Gasteiger partial charge in [0.25, 0.3) is 5.91 Å². The lowest BCUT2D eigenvalue weighted by Crippen LogP contribution is -2.49. The van der Waals surface area contributed by atoms with Crippen LogP contribution in [0, 0.1) is 0 Å². The van der Waals surface area contributed by atoms with E-state index in [-0.39, 0.29) is 11.9 Å². The summed E-state index contributed by atoms with van der Waals surface area (Å²) in [6.45, 7) is 0. The third-order valence-electron chi connectivity index (χ3n) is 4.22. The maximum atomic E-state index is 12.6. The van der Waals surface area contributed by atoms with E-state index in [1.54, 1.807) is 12.1 Å². The first-order valence-corrected chi connectivity index (χ1v) is 8.08.